The predicted octanol–water partition coefficient (Wildman–Crippen LogP) is 3.91. The third-order valence-electron chi connectivity index (χ3n) is 3.66. The van der Waals surface area contributed by atoms with Crippen LogP contribution in [0.15, 0.2) is 52.3 Å². The zero-order chi connectivity index (χ0) is 15.7. The van der Waals surface area contributed by atoms with Crippen molar-refractivity contribution in [3.63, 3.8) is 0 Å². The molecular formula is C18H18N2OS. The third-order valence-corrected chi connectivity index (χ3v) is 4.85. The fraction of sp³-hybridized carbons (Fsp3) is 0.222. The van der Waals surface area contributed by atoms with Gasteiger partial charge in [0.25, 0.3) is 5.56 Å². The smallest absolute Gasteiger partial charge is 0.258 e. The molecule has 0 bridgehead atoms. The topological polar surface area (TPSA) is 34.4 Å². The second kappa shape index (κ2) is 5.97. The molecule has 22 heavy (non-hydrogen) atoms. The average Bonchev–Trinajstić information content (AvgIpc) is 2.49. The highest BCUT2D eigenvalue weighted by Gasteiger charge is 2.06. The highest BCUT2D eigenvalue weighted by Crippen LogP contribution is 2.26. The van der Waals surface area contributed by atoms with E-state index in [1.54, 1.807) is 28.4 Å². The van der Waals surface area contributed by atoms with Crippen molar-refractivity contribution in [2.45, 2.75) is 31.4 Å². The molecular weight excluding hydrogens is 292 g/mol. The number of fused-ring (bicyclic) bond motifs is 1. The number of aromatic nitrogens is 2. The van der Waals surface area contributed by atoms with Gasteiger partial charge in [-0.05, 0) is 44.0 Å². The first kappa shape index (κ1) is 14.9. The van der Waals surface area contributed by atoms with Gasteiger partial charge in [-0.1, -0.05) is 23.8 Å². The molecule has 0 radical (unpaired) electrons. The number of pyridine rings is 1. The molecule has 3 nitrogen and oxygen atoms in total. The van der Waals surface area contributed by atoms with Crippen molar-refractivity contribution in [1.82, 2.24) is 9.38 Å². The van der Waals surface area contributed by atoms with E-state index < -0.39 is 0 Å². The maximum absolute atomic E-state index is 12.2. The van der Waals surface area contributed by atoms with Gasteiger partial charge < -0.3 is 0 Å². The lowest BCUT2D eigenvalue weighted by atomic mass is 10.2. The molecule has 0 spiro atoms. The zero-order valence-electron chi connectivity index (χ0n) is 13.0. The van der Waals surface area contributed by atoms with Gasteiger partial charge in [0.15, 0.2) is 0 Å². The van der Waals surface area contributed by atoms with E-state index in [4.69, 9.17) is 0 Å². The van der Waals surface area contributed by atoms with Gasteiger partial charge in [0.2, 0.25) is 0 Å². The summed E-state index contributed by atoms with van der Waals surface area (Å²) in [7, 11) is 0. The van der Waals surface area contributed by atoms with Crippen molar-refractivity contribution in [2.75, 3.05) is 0 Å². The van der Waals surface area contributed by atoms with Gasteiger partial charge in [0.1, 0.15) is 5.65 Å². The summed E-state index contributed by atoms with van der Waals surface area (Å²) in [5.41, 5.74) is 5.06. The first-order chi connectivity index (χ1) is 10.5. The number of rotatable bonds is 3. The zero-order valence-corrected chi connectivity index (χ0v) is 13.8. The summed E-state index contributed by atoms with van der Waals surface area (Å²) >= 11 is 1.73. The fourth-order valence-electron chi connectivity index (χ4n) is 2.40. The quantitative estimate of drug-likeness (QED) is 0.688. The van der Waals surface area contributed by atoms with Crippen LogP contribution in [0.4, 0.5) is 0 Å². The number of hydrogen-bond donors (Lipinski definition) is 0. The predicted molar refractivity (Wildman–Crippen MR) is 91.7 cm³/mol. The summed E-state index contributed by atoms with van der Waals surface area (Å²) < 4.78 is 1.60. The highest BCUT2D eigenvalue weighted by atomic mass is 32.2. The second-order valence-corrected chi connectivity index (χ2v) is 6.55. The molecule has 0 aliphatic carbocycles. The van der Waals surface area contributed by atoms with Crippen molar-refractivity contribution in [1.29, 1.82) is 0 Å². The molecule has 0 fully saturated rings. The van der Waals surface area contributed by atoms with Gasteiger partial charge in [-0.3, -0.25) is 9.20 Å². The Morgan fingerprint density at radius 1 is 1.09 bits per heavy atom. The minimum atomic E-state index is -0.0229. The molecule has 0 N–H and O–H groups in total. The van der Waals surface area contributed by atoms with Gasteiger partial charge in [0, 0.05) is 22.9 Å². The summed E-state index contributed by atoms with van der Waals surface area (Å²) in [5.74, 6) is 0.699. The summed E-state index contributed by atoms with van der Waals surface area (Å²) in [6.07, 6.45) is 1.76. The maximum atomic E-state index is 12.2. The Morgan fingerprint density at radius 3 is 2.73 bits per heavy atom. The first-order valence-electron chi connectivity index (χ1n) is 7.22. The lowest BCUT2D eigenvalue weighted by Crippen LogP contribution is -2.15. The third kappa shape index (κ3) is 2.92. The van der Waals surface area contributed by atoms with Crippen LogP contribution >= 0.6 is 11.8 Å². The van der Waals surface area contributed by atoms with Crippen molar-refractivity contribution in [2.24, 2.45) is 0 Å². The van der Waals surface area contributed by atoms with Crippen molar-refractivity contribution in [3.8, 4) is 0 Å². The Labute approximate surface area is 134 Å². The van der Waals surface area contributed by atoms with Crippen LogP contribution in [0.2, 0.25) is 0 Å². The Balaban J connectivity index is 1.93. The Kier molecular flexibility index (Phi) is 4.03. The number of hydrogen-bond acceptors (Lipinski definition) is 3. The van der Waals surface area contributed by atoms with Crippen LogP contribution in [0.3, 0.4) is 0 Å². The average molecular weight is 310 g/mol. The van der Waals surface area contributed by atoms with Crippen LogP contribution in [-0.4, -0.2) is 9.38 Å². The molecule has 2 heterocycles. The normalized spacial score (nSPS) is 11.0. The van der Waals surface area contributed by atoms with Crippen molar-refractivity contribution in [3.05, 3.63) is 75.3 Å². The first-order valence-corrected chi connectivity index (χ1v) is 8.21. The van der Waals surface area contributed by atoms with E-state index in [9.17, 15) is 4.79 Å². The van der Waals surface area contributed by atoms with E-state index >= 15 is 0 Å². The Bertz CT molecular complexity index is 899. The van der Waals surface area contributed by atoms with Gasteiger partial charge >= 0.3 is 0 Å². The standard InChI is InChI=1S/C18H18N2OS/c1-12-6-7-13(2)16(9-12)22-11-15-10-17(21)20-8-4-5-14(3)18(20)19-15/h4-10H,11H2,1-3H3. The van der Waals surface area contributed by atoms with E-state index in [1.807, 2.05) is 19.1 Å². The van der Waals surface area contributed by atoms with Crippen LogP contribution in [0.25, 0.3) is 5.65 Å². The second-order valence-electron chi connectivity index (χ2n) is 5.53. The summed E-state index contributed by atoms with van der Waals surface area (Å²) in [5, 5.41) is 0. The molecule has 4 heteroatoms. The Hall–Kier alpha value is -2.07. The van der Waals surface area contributed by atoms with E-state index in [0.29, 0.717) is 5.75 Å². The molecule has 3 rings (SSSR count). The molecule has 0 saturated carbocycles. The number of thioether (sulfide) groups is 1. The van der Waals surface area contributed by atoms with Crippen LogP contribution in [0.5, 0.6) is 0 Å². The van der Waals surface area contributed by atoms with Crippen LogP contribution in [0.1, 0.15) is 22.4 Å². The highest BCUT2D eigenvalue weighted by molar-refractivity contribution is 7.98. The van der Waals surface area contributed by atoms with E-state index in [-0.39, 0.29) is 5.56 Å². The van der Waals surface area contributed by atoms with Gasteiger partial charge in [-0.15, -0.1) is 11.8 Å². The lowest BCUT2D eigenvalue weighted by molar-refractivity contribution is 1.000. The molecule has 0 atom stereocenters. The van der Waals surface area contributed by atoms with E-state index in [0.717, 1.165) is 16.9 Å². The summed E-state index contributed by atoms with van der Waals surface area (Å²) in [6.45, 7) is 6.17. The molecule has 0 amide bonds. The van der Waals surface area contributed by atoms with Crippen LogP contribution < -0.4 is 5.56 Å². The minimum absolute atomic E-state index is 0.0229. The van der Waals surface area contributed by atoms with Crippen LogP contribution in [0, 0.1) is 20.8 Å². The molecule has 0 unspecified atom stereocenters. The summed E-state index contributed by atoms with van der Waals surface area (Å²) in [6, 6.07) is 11.9. The molecule has 0 aliphatic heterocycles. The number of nitrogens with zero attached hydrogens (tertiary/aromatic N) is 2. The molecule has 1 aromatic carbocycles. The van der Waals surface area contributed by atoms with Crippen LogP contribution in [-0.2, 0) is 5.75 Å². The molecule has 3 aromatic rings. The van der Waals surface area contributed by atoms with Crippen molar-refractivity contribution >= 4 is 17.4 Å². The molecule has 2 aromatic heterocycles. The molecule has 0 aliphatic rings. The fourth-order valence-corrected chi connectivity index (χ4v) is 3.41. The van der Waals surface area contributed by atoms with Crippen molar-refractivity contribution < 1.29 is 0 Å². The molecule has 0 saturated heterocycles. The SMILES string of the molecule is Cc1ccc(C)c(SCc2cc(=O)n3cccc(C)c3n2)c1. The molecule has 112 valence electrons. The van der Waals surface area contributed by atoms with Gasteiger partial charge in [-0.2, -0.15) is 0 Å². The van der Waals surface area contributed by atoms with Gasteiger partial charge in [-0.25, -0.2) is 4.98 Å². The number of benzene rings is 1. The Morgan fingerprint density at radius 2 is 1.91 bits per heavy atom. The summed E-state index contributed by atoms with van der Waals surface area (Å²) in [4.78, 5) is 18.1. The monoisotopic (exact) mass is 310 g/mol. The van der Waals surface area contributed by atoms with E-state index in [1.165, 1.54) is 16.0 Å². The maximum Gasteiger partial charge on any atom is 0.258 e. The lowest BCUT2D eigenvalue weighted by Gasteiger charge is -2.08. The largest absolute Gasteiger partial charge is 0.269 e. The van der Waals surface area contributed by atoms with Gasteiger partial charge in [0.05, 0.1) is 5.69 Å². The minimum Gasteiger partial charge on any atom is -0.269 e. The number of aryl methyl sites for hydroxylation is 3. The van der Waals surface area contributed by atoms with E-state index in [2.05, 4.69) is 37.0 Å².